The summed E-state index contributed by atoms with van der Waals surface area (Å²) in [6.07, 6.45) is 0. The third kappa shape index (κ3) is 2.67. The molecule has 7 heteroatoms. The highest BCUT2D eigenvalue weighted by atomic mass is 35.5. The van der Waals surface area contributed by atoms with Crippen LogP contribution in [0.1, 0.15) is 24.0 Å². The molecule has 1 aromatic carbocycles. The SMILES string of the molecule is CC(c1ccc(Cl)cc1Cl)c1c(N)nc(N)[nH]c1=O. The second-order valence-electron chi connectivity index (χ2n) is 4.14. The van der Waals surface area contributed by atoms with Crippen LogP contribution in [0.4, 0.5) is 11.8 Å². The number of rotatable bonds is 2. The number of hydrogen-bond donors (Lipinski definition) is 3. The molecule has 0 bridgehead atoms. The number of benzene rings is 1. The van der Waals surface area contributed by atoms with E-state index in [1.54, 1.807) is 18.2 Å². The van der Waals surface area contributed by atoms with Crippen LogP contribution in [-0.4, -0.2) is 9.97 Å². The van der Waals surface area contributed by atoms with Gasteiger partial charge in [-0.25, -0.2) is 0 Å². The molecule has 2 rings (SSSR count). The summed E-state index contributed by atoms with van der Waals surface area (Å²) in [6, 6.07) is 5.07. The number of anilines is 2. The number of H-pyrrole nitrogens is 1. The topological polar surface area (TPSA) is 97.8 Å². The lowest BCUT2D eigenvalue weighted by Gasteiger charge is -2.15. The van der Waals surface area contributed by atoms with Crippen LogP contribution in [-0.2, 0) is 0 Å². The Hall–Kier alpha value is -1.72. The van der Waals surface area contributed by atoms with E-state index >= 15 is 0 Å². The Balaban J connectivity index is 2.56. The van der Waals surface area contributed by atoms with Crippen LogP contribution in [0.3, 0.4) is 0 Å². The zero-order chi connectivity index (χ0) is 14.2. The quantitative estimate of drug-likeness (QED) is 0.793. The number of nitrogens with zero attached hydrogens (tertiary/aromatic N) is 1. The van der Waals surface area contributed by atoms with Crippen LogP contribution in [0.5, 0.6) is 0 Å². The number of aromatic amines is 1. The summed E-state index contributed by atoms with van der Waals surface area (Å²) in [5.41, 5.74) is 11.9. The molecular weight excluding hydrogens is 287 g/mol. The highest BCUT2D eigenvalue weighted by Gasteiger charge is 2.19. The minimum atomic E-state index is -0.372. The Labute approximate surface area is 119 Å². The summed E-state index contributed by atoms with van der Waals surface area (Å²) >= 11 is 12.0. The van der Waals surface area contributed by atoms with E-state index in [-0.39, 0.29) is 23.2 Å². The van der Waals surface area contributed by atoms with Crippen LogP contribution < -0.4 is 17.0 Å². The molecule has 2 aromatic rings. The Morgan fingerprint density at radius 2 is 2.00 bits per heavy atom. The maximum atomic E-state index is 11.9. The fourth-order valence-corrected chi connectivity index (χ4v) is 2.52. The van der Waals surface area contributed by atoms with Gasteiger partial charge < -0.3 is 11.5 Å². The number of nitrogens with two attached hydrogens (primary N) is 2. The monoisotopic (exact) mass is 298 g/mol. The second-order valence-corrected chi connectivity index (χ2v) is 4.98. The van der Waals surface area contributed by atoms with Crippen LogP contribution in [0.15, 0.2) is 23.0 Å². The average Bonchev–Trinajstić information content (AvgIpc) is 2.26. The molecule has 0 amide bonds. The van der Waals surface area contributed by atoms with Gasteiger partial charge in [-0.05, 0) is 17.7 Å². The fourth-order valence-electron chi connectivity index (χ4n) is 1.94. The summed E-state index contributed by atoms with van der Waals surface area (Å²) in [5, 5.41) is 0.994. The van der Waals surface area contributed by atoms with Gasteiger partial charge in [-0.1, -0.05) is 36.2 Å². The van der Waals surface area contributed by atoms with Gasteiger partial charge in [-0.3, -0.25) is 9.78 Å². The minimum Gasteiger partial charge on any atom is -0.383 e. The van der Waals surface area contributed by atoms with E-state index in [0.29, 0.717) is 15.6 Å². The first-order valence-corrected chi connectivity index (χ1v) is 6.26. The molecule has 0 aliphatic heterocycles. The number of aromatic nitrogens is 2. The van der Waals surface area contributed by atoms with Gasteiger partial charge in [0.1, 0.15) is 5.82 Å². The molecule has 1 heterocycles. The number of nitrogens with one attached hydrogen (secondary N) is 1. The van der Waals surface area contributed by atoms with E-state index in [1.165, 1.54) is 0 Å². The van der Waals surface area contributed by atoms with Crippen LogP contribution >= 0.6 is 23.2 Å². The number of hydrogen-bond acceptors (Lipinski definition) is 4. The highest BCUT2D eigenvalue weighted by molar-refractivity contribution is 6.35. The first-order chi connectivity index (χ1) is 8.90. The molecule has 0 aliphatic rings. The van der Waals surface area contributed by atoms with Gasteiger partial charge in [0.25, 0.3) is 5.56 Å². The Bertz CT molecular complexity index is 684. The number of nitrogen functional groups attached to an aromatic ring is 2. The Morgan fingerprint density at radius 1 is 1.32 bits per heavy atom. The standard InChI is InChI=1S/C12H12Cl2N4O/c1-5(7-3-2-6(13)4-8(7)14)9-10(15)17-12(16)18-11(9)19/h2-5H,1H3,(H5,15,16,17,18,19). The first-order valence-electron chi connectivity index (χ1n) is 5.50. The van der Waals surface area contributed by atoms with Gasteiger partial charge in [-0.2, -0.15) is 4.98 Å². The van der Waals surface area contributed by atoms with Gasteiger partial charge in [0, 0.05) is 16.0 Å². The number of halogens is 2. The Kier molecular flexibility index (Phi) is 3.68. The van der Waals surface area contributed by atoms with Crippen molar-refractivity contribution < 1.29 is 0 Å². The lowest BCUT2D eigenvalue weighted by atomic mass is 9.94. The lowest BCUT2D eigenvalue weighted by molar-refractivity contribution is 0.885. The molecule has 0 radical (unpaired) electrons. The van der Waals surface area contributed by atoms with Crippen LogP contribution in [0.2, 0.25) is 10.0 Å². The van der Waals surface area contributed by atoms with Crippen LogP contribution in [0.25, 0.3) is 0 Å². The lowest BCUT2D eigenvalue weighted by Crippen LogP contribution is -2.21. The molecular formula is C12H12Cl2N4O. The largest absolute Gasteiger partial charge is 0.383 e. The van der Waals surface area contributed by atoms with Gasteiger partial charge in [0.05, 0.1) is 5.56 Å². The molecule has 0 fully saturated rings. The van der Waals surface area contributed by atoms with Gasteiger partial charge in [0.15, 0.2) is 0 Å². The van der Waals surface area contributed by atoms with Crippen molar-refractivity contribution in [2.24, 2.45) is 0 Å². The summed E-state index contributed by atoms with van der Waals surface area (Å²) in [6.45, 7) is 1.81. The maximum Gasteiger partial charge on any atom is 0.258 e. The normalized spacial score (nSPS) is 12.4. The van der Waals surface area contributed by atoms with E-state index in [0.717, 1.165) is 5.56 Å². The van der Waals surface area contributed by atoms with E-state index in [1.807, 2.05) is 6.92 Å². The molecule has 1 atom stereocenters. The highest BCUT2D eigenvalue weighted by Crippen LogP contribution is 2.32. The van der Waals surface area contributed by atoms with Crippen molar-refractivity contribution >= 4 is 35.0 Å². The second kappa shape index (κ2) is 5.11. The van der Waals surface area contributed by atoms with Crippen molar-refractivity contribution in [3.63, 3.8) is 0 Å². The minimum absolute atomic E-state index is 0.0133. The predicted octanol–water partition coefficient (Wildman–Crippen LogP) is 2.39. The van der Waals surface area contributed by atoms with E-state index in [2.05, 4.69) is 9.97 Å². The fraction of sp³-hybridized carbons (Fsp3) is 0.167. The first kappa shape index (κ1) is 13.7. The molecule has 19 heavy (non-hydrogen) atoms. The summed E-state index contributed by atoms with van der Waals surface area (Å²) in [7, 11) is 0. The zero-order valence-corrected chi connectivity index (χ0v) is 11.6. The molecule has 1 unspecified atom stereocenters. The average molecular weight is 299 g/mol. The van der Waals surface area contributed by atoms with Crippen molar-refractivity contribution in [3.05, 3.63) is 49.7 Å². The zero-order valence-electron chi connectivity index (χ0n) is 10.1. The Morgan fingerprint density at radius 3 is 2.58 bits per heavy atom. The molecule has 0 saturated heterocycles. The van der Waals surface area contributed by atoms with E-state index in [9.17, 15) is 4.79 Å². The van der Waals surface area contributed by atoms with Crippen molar-refractivity contribution in [2.75, 3.05) is 11.5 Å². The summed E-state index contributed by atoms with van der Waals surface area (Å²) in [5.74, 6) is -0.234. The van der Waals surface area contributed by atoms with Gasteiger partial charge in [-0.15, -0.1) is 0 Å². The van der Waals surface area contributed by atoms with E-state index < -0.39 is 0 Å². The third-order valence-electron chi connectivity index (χ3n) is 2.87. The van der Waals surface area contributed by atoms with Crippen molar-refractivity contribution in [1.29, 1.82) is 0 Å². The summed E-state index contributed by atoms with van der Waals surface area (Å²) in [4.78, 5) is 18.2. The maximum absolute atomic E-state index is 11.9. The predicted molar refractivity (Wildman–Crippen MR) is 77.7 cm³/mol. The van der Waals surface area contributed by atoms with Gasteiger partial charge in [0.2, 0.25) is 5.95 Å². The molecule has 1 aromatic heterocycles. The van der Waals surface area contributed by atoms with E-state index in [4.69, 9.17) is 34.7 Å². The third-order valence-corrected chi connectivity index (χ3v) is 3.43. The summed E-state index contributed by atoms with van der Waals surface area (Å²) < 4.78 is 0. The molecule has 5 nitrogen and oxygen atoms in total. The molecule has 0 saturated carbocycles. The van der Waals surface area contributed by atoms with Crippen LogP contribution in [0, 0.1) is 0 Å². The molecule has 100 valence electrons. The molecule has 0 spiro atoms. The molecule has 5 N–H and O–H groups in total. The van der Waals surface area contributed by atoms with Crippen molar-refractivity contribution in [1.82, 2.24) is 9.97 Å². The van der Waals surface area contributed by atoms with Crippen molar-refractivity contribution in [3.8, 4) is 0 Å². The van der Waals surface area contributed by atoms with Gasteiger partial charge >= 0.3 is 0 Å². The smallest absolute Gasteiger partial charge is 0.258 e. The van der Waals surface area contributed by atoms with Crippen molar-refractivity contribution in [2.45, 2.75) is 12.8 Å². The molecule has 0 aliphatic carbocycles.